The molecule has 0 saturated carbocycles. The Morgan fingerprint density at radius 2 is 1.68 bits per heavy atom. The van der Waals surface area contributed by atoms with Gasteiger partial charge in [-0.25, -0.2) is 0 Å². The number of carbonyl (C=O) groups is 1. The lowest BCUT2D eigenvalue weighted by Crippen LogP contribution is -2.26. The number of methoxy groups -OCH3 is 2. The van der Waals surface area contributed by atoms with Crippen LogP contribution in [0.3, 0.4) is 0 Å². The van der Waals surface area contributed by atoms with Crippen molar-refractivity contribution in [1.82, 2.24) is 5.32 Å². The molecule has 0 radical (unpaired) electrons. The second-order valence-electron chi connectivity index (χ2n) is 6.84. The molecule has 152 valence electrons. The standard InChI is InChI=1S/C22H28BrNO4/c1-14(2)28-20-10-8-17(13-21(20)27-5)15(3)24-22(25)11-7-16-6-9-19(26-4)18(23)12-16/h6,8-10,12-15H,7,11H2,1-5H3,(H,24,25). The van der Waals surface area contributed by atoms with Crippen LogP contribution in [0, 0.1) is 0 Å². The molecule has 0 bridgehead atoms. The molecular weight excluding hydrogens is 422 g/mol. The van der Waals surface area contributed by atoms with Crippen LogP contribution in [-0.2, 0) is 11.2 Å². The zero-order valence-corrected chi connectivity index (χ0v) is 18.6. The van der Waals surface area contributed by atoms with Gasteiger partial charge >= 0.3 is 0 Å². The molecule has 2 rings (SSSR count). The van der Waals surface area contributed by atoms with Crippen LogP contribution in [0.15, 0.2) is 40.9 Å². The second kappa shape index (κ2) is 10.4. The van der Waals surface area contributed by atoms with Crippen molar-refractivity contribution >= 4 is 21.8 Å². The molecule has 0 saturated heterocycles. The maximum Gasteiger partial charge on any atom is 0.220 e. The topological polar surface area (TPSA) is 56.8 Å². The fourth-order valence-electron chi connectivity index (χ4n) is 2.83. The van der Waals surface area contributed by atoms with E-state index in [1.807, 2.05) is 57.2 Å². The summed E-state index contributed by atoms with van der Waals surface area (Å²) in [6, 6.07) is 11.5. The first-order chi connectivity index (χ1) is 13.3. The molecule has 1 atom stereocenters. The molecule has 1 unspecified atom stereocenters. The van der Waals surface area contributed by atoms with Gasteiger partial charge in [0.15, 0.2) is 11.5 Å². The third-order valence-corrected chi connectivity index (χ3v) is 4.90. The summed E-state index contributed by atoms with van der Waals surface area (Å²) in [5.41, 5.74) is 2.04. The smallest absolute Gasteiger partial charge is 0.220 e. The minimum absolute atomic E-state index is 0.000847. The van der Waals surface area contributed by atoms with Gasteiger partial charge in [-0.1, -0.05) is 12.1 Å². The molecule has 0 spiro atoms. The lowest BCUT2D eigenvalue weighted by atomic mass is 10.1. The zero-order chi connectivity index (χ0) is 20.7. The summed E-state index contributed by atoms with van der Waals surface area (Å²) in [5.74, 6) is 2.14. The molecular formula is C22H28BrNO4. The van der Waals surface area contributed by atoms with Crippen LogP contribution in [0.1, 0.15) is 44.4 Å². The van der Waals surface area contributed by atoms with Gasteiger partial charge in [0.2, 0.25) is 5.91 Å². The minimum Gasteiger partial charge on any atom is -0.496 e. The Balaban J connectivity index is 1.95. The van der Waals surface area contributed by atoms with E-state index in [-0.39, 0.29) is 18.1 Å². The third kappa shape index (κ3) is 6.16. The van der Waals surface area contributed by atoms with Gasteiger partial charge in [-0.15, -0.1) is 0 Å². The summed E-state index contributed by atoms with van der Waals surface area (Å²) in [4.78, 5) is 12.4. The summed E-state index contributed by atoms with van der Waals surface area (Å²) >= 11 is 3.47. The van der Waals surface area contributed by atoms with Crippen molar-refractivity contribution in [2.24, 2.45) is 0 Å². The number of hydrogen-bond acceptors (Lipinski definition) is 4. The molecule has 6 heteroatoms. The highest BCUT2D eigenvalue weighted by Gasteiger charge is 2.14. The monoisotopic (exact) mass is 449 g/mol. The van der Waals surface area contributed by atoms with E-state index in [1.165, 1.54) is 0 Å². The van der Waals surface area contributed by atoms with Crippen molar-refractivity contribution in [2.75, 3.05) is 14.2 Å². The van der Waals surface area contributed by atoms with Gasteiger partial charge in [-0.2, -0.15) is 0 Å². The summed E-state index contributed by atoms with van der Waals surface area (Å²) in [7, 11) is 3.24. The Hall–Kier alpha value is -2.21. The van der Waals surface area contributed by atoms with Crippen LogP contribution in [0.2, 0.25) is 0 Å². The first kappa shape index (κ1) is 22.1. The van der Waals surface area contributed by atoms with E-state index in [0.29, 0.717) is 24.3 Å². The van der Waals surface area contributed by atoms with Gasteiger partial charge in [0.05, 0.1) is 30.8 Å². The molecule has 0 aliphatic rings. The SMILES string of the molecule is COc1ccc(CCC(=O)NC(C)c2ccc(OC(C)C)c(OC)c2)cc1Br. The van der Waals surface area contributed by atoms with E-state index >= 15 is 0 Å². The van der Waals surface area contributed by atoms with Gasteiger partial charge in [0.1, 0.15) is 5.75 Å². The molecule has 0 heterocycles. The van der Waals surface area contributed by atoms with Crippen LogP contribution >= 0.6 is 15.9 Å². The van der Waals surface area contributed by atoms with Crippen molar-refractivity contribution in [3.63, 3.8) is 0 Å². The summed E-state index contributed by atoms with van der Waals surface area (Å²) in [5, 5.41) is 3.04. The molecule has 1 amide bonds. The van der Waals surface area contributed by atoms with E-state index in [9.17, 15) is 4.79 Å². The average Bonchev–Trinajstić information content (AvgIpc) is 2.66. The number of rotatable bonds is 9. The van der Waals surface area contributed by atoms with Crippen LogP contribution in [0.4, 0.5) is 0 Å². The highest BCUT2D eigenvalue weighted by molar-refractivity contribution is 9.10. The number of ether oxygens (including phenoxy) is 3. The number of carbonyl (C=O) groups excluding carboxylic acids is 1. The summed E-state index contributed by atoms with van der Waals surface area (Å²) in [6.45, 7) is 5.90. The van der Waals surface area contributed by atoms with Crippen LogP contribution in [0.25, 0.3) is 0 Å². The molecule has 2 aromatic rings. The minimum atomic E-state index is -0.128. The van der Waals surface area contributed by atoms with Crippen LogP contribution in [-0.4, -0.2) is 26.2 Å². The predicted molar refractivity (Wildman–Crippen MR) is 114 cm³/mol. The molecule has 0 aliphatic heterocycles. The van der Waals surface area contributed by atoms with Gasteiger partial charge in [0.25, 0.3) is 0 Å². The Kier molecular flexibility index (Phi) is 8.18. The number of amides is 1. The van der Waals surface area contributed by atoms with Crippen molar-refractivity contribution in [3.8, 4) is 17.2 Å². The highest BCUT2D eigenvalue weighted by atomic mass is 79.9. The van der Waals surface area contributed by atoms with Crippen molar-refractivity contribution in [2.45, 2.75) is 45.8 Å². The lowest BCUT2D eigenvalue weighted by molar-refractivity contribution is -0.121. The van der Waals surface area contributed by atoms with E-state index in [2.05, 4.69) is 21.2 Å². The number of halogens is 1. The van der Waals surface area contributed by atoms with Gasteiger partial charge in [-0.3, -0.25) is 4.79 Å². The van der Waals surface area contributed by atoms with E-state index < -0.39 is 0 Å². The molecule has 0 aromatic heterocycles. The van der Waals surface area contributed by atoms with Crippen LogP contribution in [0.5, 0.6) is 17.2 Å². The lowest BCUT2D eigenvalue weighted by Gasteiger charge is -2.18. The third-order valence-electron chi connectivity index (χ3n) is 4.28. The number of benzene rings is 2. The average molecular weight is 450 g/mol. The van der Waals surface area contributed by atoms with Gasteiger partial charge < -0.3 is 19.5 Å². The predicted octanol–water partition coefficient (Wildman–Crippen LogP) is 5.06. The molecule has 0 fully saturated rings. The maximum absolute atomic E-state index is 12.4. The van der Waals surface area contributed by atoms with Crippen molar-refractivity contribution in [3.05, 3.63) is 52.0 Å². The number of hydrogen-bond donors (Lipinski definition) is 1. The van der Waals surface area contributed by atoms with Gasteiger partial charge in [0, 0.05) is 6.42 Å². The van der Waals surface area contributed by atoms with E-state index in [0.717, 1.165) is 21.3 Å². The summed E-state index contributed by atoms with van der Waals surface area (Å²) in [6.07, 6.45) is 1.13. The number of aryl methyl sites for hydroxylation is 1. The number of nitrogens with one attached hydrogen (secondary N) is 1. The highest BCUT2D eigenvalue weighted by Crippen LogP contribution is 2.31. The summed E-state index contributed by atoms with van der Waals surface area (Å²) < 4.78 is 17.3. The maximum atomic E-state index is 12.4. The molecule has 2 aromatic carbocycles. The molecule has 0 aliphatic carbocycles. The second-order valence-corrected chi connectivity index (χ2v) is 7.69. The fraction of sp³-hybridized carbons (Fsp3) is 0.409. The quantitative estimate of drug-likeness (QED) is 0.580. The van der Waals surface area contributed by atoms with E-state index in [1.54, 1.807) is 14.2 Å². The molecule has 5 nitrogen and oxygen atoms in total. The van der Waals surface area contributed by atoms with Crippen molar-refractivity contribution in [1.29, 1.82) is 0 Å². The fourth-order valence-corrected chi connectivity index (χ4v) is 3.41. The first-order valence-corrected chi connectivity index (χ1v) is 10.1. The Morgan fingerprint density at radius 3 is 2.29 bits per heavy atom. The normalized spacial score (nSPS) is 11.8. The van der Waals surface area contributed by atoms with Crippen molar-refractivity contribution < 1.29 is 19.0 Å². The first-order valence-electron chi connectivity index (χ1n) is 9.30. The van der Waals surface area contributed by atoms with E-state index in [4.69, 9.17) is 14.2 Å². The Morgan fingerprint density at radius 1 is 1.00 bits per heavy atom. The largest absolute Gasteiger partial charge is 0.496 e. The Labute approximate surface area is 175 Å². The Bertz CT molecular complexity index is 807. The zero-order valence-electron chi connectivity index (χ0n) is 17.0. The van der Waals surface area contributed by atoms with Crippen LogP contribution < -0.4 is 19.5 Å². The molecule has 28 heavy (non-hydrogen) atoms. The van der Waals surface area contributed by atoms with Gasteiger partial charge in [-0.05, 0) is 78.5 Å². The molecule has 1 N–H and O–H groups in total.